The van der Waals surface area contributed by atoms with Crippen molar-refractivity contribution in [3.8, 4) is 11.5 Å². The number of aliphatic carboxylic acids is 1. The highest BCUT2D eigenvalue weighted by Gasteiger charge is 2.58. The predicted molar refractivity (Wildman–Crippen MR) is 197 cm³/mol. The first-order valence-electron chi connectivity index (χ1n) is 18.3. The van der Waals surface area contributed by atoms with E-state index in [0.717, 1.165) is 88.4 Å². The number of thioether (sulfide) groups is 1. The van der Waals surface area contributed by atoms with Crippen LogP contribution in [-0.4, -0.2) is 42.6 Å². The molecule has 0 aromatic heterocycles. The molecule has 2 atom stereocenters. The van der Waals surface area contributed by atoms with Gasteiger partial charge in [0.25, 0.3) is 0 Å². The normalized spacial score (nSPS) is 19.3. The summed E-state index contributed by atoms with van der Waals surface area (Å²) in [7, 11) is 3.25. The second-order valence-electron chi connectivity index (χ2n) is 14.0. The summed E-state index contributed by atoms with van der Waals surface area (Å²) < 4.78 is 16.2. The number of esters is 1. The van der Waals surface area contributed by atoms with Gasteiger partial charge >= 0.3 is 11.9 Å². The molecular weight excluding hydrogens is 633 g/mol. The number of aryl methyl sites for hydroxylation is 2. The number of carbonyl (C=O) groups is 2. The smallest absolute Gasteiger partial charge is 0.316 e. The first-order chi connectivity index (χ1) is 23.9. The largest absolute Gasteiger partial charge is 0.493 e. The second kappa shape index (κ2) is 18.0. The van der Waals surface area contributed by atoms with Gasteiger partial charge in [0, 0.05) is 10.1 Å². The molecule has 2 unspecified atom stereocenters. The number of benzene rings is 3. The summed E-state index contributed by atoms with van der Waals surface area (Å²) >= 11 is 1.69. The fourth-order valence-corrected chi connectivity index (χ4v) is 9.59. The van der Waals surface area contributed by atoms with Crippen LogP contribution in [0.5, 0.6) is 11.5 Å². The highest BCUT2D eigenvalue weighted by atomic mass is 32.2. The van der Waals surface area contributed by atoms with Crippen LogP contribution >= 0.6 is 11.8 Å². The molecule has 3 aliphatic rings. The molecule has 49 heavy (non-hydrogen) atoms. The Morgan fingerprint density at radius 1 is 0.796 bits per heavy atom. The topological polar surface area (TPSA) is 82.1 Å². The number of carbonyl (C=O) groups excluding carboxylic acids is 1. The Bertz CT molecular complexity index is 1460. The monoisotopic (exact) mass is 686 g/mol. The maximum absolute atomic E-state index is 12.4. The van der Waals surface area contributed by atoms with E-state index in [4.69, 9.17) is 14.2 Å². The van der Waals surface area contributed by atoms with Gasteiger partial charge in [-0.1, -0.05) is 92.8 Å². The van der Waals surface area contributed by atoms with E-state index >= 15 is 0 Å². The van der Waals surface area contributed by atoms with Gasteiger partial charge in [0.15, 0.2) is 11.5 Å². The highest BCUT2D eigenvalue weighted by Crippen LogP contribution is 2.52. The van der Waals surface area contributed by atoms with Gasteiger partial charge in [0.2, 0.25) is 0 Å². The van der Waals surface area contributed by atoms with Gasteiger partial charge in [-0.2, -0.15) is 0 Å². The van der Waals surface area contributed by atoms with E-state index in [1.54, 1.807) is 26.0 Å². The van der Waals surface area contributed by atoms with Crippen molar-refractivity contribution >= 4 is 23.7 Å². The molecule has 7 heteroatoms. The third-order valence-electron chi connectivity index (χ3n) is 11.0. The molecule has 1 N–H and O–H groups in total. The van der Waals surface area contributed by atoms with Crippen LogP contribution in [0.15, 0.2) is 83.8 Å². The third-order valence-corrected chi connectivity index (χ3v) is 12.5. The number of carboxylic acids is 1. The molecule has 1 heterocycles. The predicted octanol–water partition coefficient (Wildman–Crippen LogP) is 10.1. The maximum atomic E-state index is 12.4. The molecule has 6 rings (SSSR count). The lowest BCUT2D eigenvalue weighted by molar-refractivity contribution is -0.207. The number of hydrogen-bond donors (Lipinski definition) is 1. The lowest BCUT2D eigenvalue weighted by Crippen LogP contribution is -2.54. The Morgan fingerprint density at radius 3 is 1.92 bits per heavy atom. The molecule has 264 valence electrons. The summed E-state index contributed by atoms with van der Waals surface area (Å²) in [6.07, 6.45) is 16.9. The van der Waals surface area contributed by atoms with E-state index in [2.05, 4.69) is 54.6 Å². The van der Waals surface area contributed by atoms with Crippen molar-refractivity contribution in [3.05, 3.63) is 90.0 Å². The molecule has 0 amide bonds. The number of unbranched alkanes of at least 4 members (excludes halogenated alkanes) is 2. The zero-order valence-electron chi connectivity index (χ0n) is 29.4. The quantitative estimate of drug-likeness (QED) is 0.0912. The zero-order valence-corrected chi connectivity index (χ0v) is 30.2. The first-order valence-corrected chi connectivity index (χ1v) is 19.2. The van der Waals surface area contributed by atoms with Crippen molar-refractivity contribution in [2.75, 3.05) is 14.2 Å². The van der Waals surface area contributed by atoms with Crippen molar-refractivity contribution in [1.82, 2.24) is 0 Å². The molecule has 3 aromatic carbocycles. The molecular formula is C42H54O6S. The fraction of sp³-hybridized carbons (Fsp3) is 0.524. The Morgan fingerprint density at radius 2 is 1.37 bits per heavy atom. The number of cyclic esters (lactones) is 1. The van der Waals surface area contributed by atoms with Gasteiger partial charge in [-0.15, -0.1) is 11.8 Å². The average molecular weight is 687 g/mol. The molecule has 2 saturated carbocycles. The molecule has 6 nitrogen and oxygen atoms in total. The van der Waals surface area contributed by atoms with Crippen LogP contribution in [0, 0.1) is 10.8 Å². The molecule has 1 spiro atoms. The maximum Gasteiger partial charge on any atom is 0.316 e. The van der Waals surface area contributed by atoms with Crippen LogP contribution in [0.4, 0.5) is 0 Å². The summed E-state index contributed by atoms with van der Waals surface area (Å²) in [5, 5.41) is 10.2. The molecule has 1 aliphatic heterocycles. The van der Waals surface area contributed by atoms with Gasteiger partial charge in [0.05, 0.1) is 19.6 Å². The number of carboxylic acid groups (broad SMARTS) is 1. The Hall–Kier alpha value is -3.45. The van der Waals surface area contributed by atoms with Gasteiger partial charge in [-0.05, 0) is 100.0 Å². The van der Waals surface area contributed by atoms with Crippen LogP contribution in [-0.2, 0) is 27.2 Å². The SMILES string of the molecule is COc1ccc(SC(CCCCc2ccccc2)C2(C(=O)O)CCCC2)cc1OC.O=C1OC(CCCCc2ccccc2)C12CCCC2. The van der Waals surface area contributed by atoms with E-state index in [1.807, 2.05) is 24.3 Å². The Kier molecular flexibility index (Phi) is 13.5. The van der Waals surface area contributed by atoms with Crippen LogP contribution in [0.2, 0.25) is 0 Å². The minimum absolute atomic E-state index is 0.0476. The van der Waals surface area contributed by atoms with Crippen LogP contribution in [0.25, 0.3) is 0 Å². The van der Waals surface area contributed by atoms with Crippen molar-refractivity contribution < 1.29 is 28.9 Å². The van der Waals surface area contributed by atoms with Crippen molar-refractivity contribution in [3.63, 3.8) is 0 Å². The van der Waals surface area contributed by atoms with Crippen LogP contribution < -0.4 is 9.47 Å². The van der Waals surface area contributed by atoms with Crippen LogP contribution in [0.3, 0.4) is 0 Å². The van der Waals surface area contributed by atoms with E-state index in [-0.39, 0.29) is 22.7 Å². The lowest BCUT2D eigenvalue weighted by atomic mass is 9.74. The Labute approximate surface area is 297 Å². The number of methoxy groups -OCH3 is 2. The fourth-order valence-electron chi connectivity index (χ4n) is 8.09. The number of rotatable bonds is 16. The molecule has 0 bridgehead atoms. The molecule has 0 radical (unpaired) electrons. The molecule has 1 saturated heterocycles. The zero-order chi connectivity index (χ0) is 34.5. The third kappa shape index (κ3) is 9.22. The minimum Gasteiger partial charge on any atom is -0.493 e. The van der Waals surface area contributed by atoms with Crippen molar-refractivity contribution in [2.24, 2.45) is 10.8 Å². The standard InChI is InChI=1S/C25H32O4S.C17H22O2/c1-28-21-15-14-20(18-22(21)29-2)30-23(25(24(26)27)16-8-9-17-25)13-7-6-12-19-10-4-3-5-11-19;18-16-17(12-6-7-13-17)15(19-16)11-5-4-10-14-8-2-1-3-9-14/h3-5,10-11,14-15,18,23H,6-9,12-13,16-17H2,1-2H3,(H,26,27);1-3,8-9,15H,4-7,10-13H2. The van der Waals surface area contributed by atoms with E-state index in [1.165, 1.54) is 30.4 Å². The lowest BCUT2D eigenvalue weighted by Gasteiger charge is -2.44. The van der Waals surface area contributed by atoms with Crippen molar-refractivity contribution in [1.29, 1.82) is 0 Å². The van der Waals surface area contributed by atoms with E-state index in [9.17, 15) is 14.7 Å². The summed E-state index contributed by atoms with van der Waals surface area (Å²) in [6.45, 7) is 0. The summed E-state index contributed by atoms with van der Waals surface area (Å²) in [4.78, 5) is 25.1. The molecule has 3 fully saturated rings. The second-order valence-corrected chi connectivity index (χ2v) is 15.3. The first kappa shape index (κ1) is 36.8. The van der Waals surface area contributed by atoms with Crippen LogP contribution in [0.1, 0.15) is 101 Å². The van der Waals surface area contributed by atoms with Gasteiger partial charge in [0.1, 0.15) is 11.5 Å². The van der Waals surface area contributed by atoms with Crippen molar-refractivity contribution in [2.45, 2.75) is 119 Å². The highest BCUT2D eigenvalue weighted by molar-refractivity contribution is 8.00. The molecule has 3 aromatic rings. The minimum atomic E-state index is -0.638. The summed E-state index contributed by atoms with van der Waals surface area (Å²) in [6, 6.07) is 27.0. The molecule has 2 aliphatic carbocycles. The van der Waals surface area contributed by atoms with Gasteiger partial charge in [-0.3, -0.25) is 9.59 Å². The van der Waals surface area contributed by atoms with Gasteiger partial charge in [-0.25, -0.2) is 0 Å². The summed E-state index contributed by atoms with van der Waals surface area (Å²) in [5.74, 6) is 0.815. The Balaban J connectivity index is 0.000000211. The summed E-state index contributed by atoms with van der Waals surface area (Å²) in [5.41, 5.74) is 2.05. The van der Waals surface area contributed by atoms with E-state index < -0.39 is 11.4 Å². The number of hydrogen-bond acceptors (Lipinski definition) is 6. The van der Waals surface area contributed by atoms with E-state index in [0.29, 0.717) is 11.5 Å². The van der Waals surface area contributed by atoms with Gasteiger partial charge < -0.3 is 19.3 Å². The average Bonchev–Trinajstić information content (AvgIpc) is 3.86. The number of ether oxygens (including phenoxy) is 3.